The van der Waals surface area contributed by atoms with Crippen LogP contribution in [0.5, 0.6) is 0 Å². The topological polar surface area (TPSA) is 139 Å². The first-order chi connectivity index (χ1) is 18.5. The van der Waals surface area contributed by atoms with Crippen LogP contribution >= 0.6 is 0 Å². The second-order valence-corrected chi connectivity index (χ2v) is 10.9. The highest BCUT2D eigenvalue weighted by atomic mass is 16.6. The largest absolute Gasteiger partial charge is 0.465 e. The number of imidazole rings is 1. The predicted molar refractivity (Wildman–Crippen MR) is 144 cm³/mol. The van der Waals surface area contributed by atoms with E-state index >= 15 is 0 Å². The molecule has 2 amide bonds. The number of H-pyrrole nitrogens is 1. The van der Waals surface area contributed by atoms with Gasteiger partial charge in [-0.25, -0.2) is 4.98 Å². The maximum absolute atomic E-state index is 13.3. The monoisotopic (exact) mass is 540 g/mol. The van der Waals surface area contributed by atoms with Crippen LogP contribution in [0.4, 0.5) is 0 Å². The van der Waals surface area contributed by atoms with E-state index < -0.39 is 23.5 Å². The first-order valence-corrected chi connectivity index (χ1v) is 13.6. The predicted octanol–water partition coefficient (Wildman–Crippen LogP) is 3.64. The number of carbonyl (C=O) groups excluding carboxylic acids is 4. The Hall–Kier alpha value is -3.69. The molecule has 3 rings (SSSR count). The van der Waals surface area contributed by atoms with E-state index in [-0.39, 0.29) is 42.6 Å². The quantitative estimate of drug-likeness (QED) is 0.370. The van der Waals surface area contributed by atoms with Gasteiger partial charge in [-0.2, -0.15) is 0 Å². The van der Waals surface area contributed by atoms with Crippen molar-refractivity contribution in [1.82, 2.24) is 20.6 Å². The van der Waals surface area contributed by atoms with E-state index in [0.717, 1.165) is 18.4 Å². The van der Waals surface area contributed by atoms with Crippen molar-refractivity contribution in [3.8, 4) is 0 Å². The number of ether oxygens (including phenoxy) is 2. The van der Waals surface area contributed by atoms with Gasteiger partial charge in [-0.1, -0.05) is 30.3 Å². The zero-order valence-corrected chi connectivity index (χ0v) is 23.2. The number of hydrogen-bond donors (Lipinski definition) is 3. The first kappa shape index (κ1) is 29.9. The van der Waals surface area contributed by atoms with Crippen LogP contribution in [0.15, 0.2) is 36.5 Å². The summed E-state index contributed by atoms with van der Waals surface area (Å²) in [5, 5.41) is 5.62. The van der Waals surface area contributed by atoms with Crippen molar-refractivity contribution in [2.24, 2.45) is 11.8 Å². The molecule has 212 valence electrons. The van der Waals surface area contributed by atoms with Gasteiger partial charge in [0.1, 0.15) is 23.7 Å². The normalized spacial score (nSPS) is 18.1. The maximum atomic E-state index is 13.3. The summed E-state index contributed by atoms with van der Waals surface area (Å²) in [7, 11) is 0. The van der Waals surface area contributed by atoms with Crippen molar-refractivity contribution in [1.29, 1.82) is 0 Å². The minimum atomic E-state index is -0.531. The molecule has 1 aliphatic carbocycles. The minimum absolute atomic E-state index is 0.0728. The fourth-order valence-electron chi connectivity index (χ4n) is 4.69. The van der Waals surface area contributed by atoms with E-state index in [2.05, 4.69) is 20.6 Å². The van der Waals surface area contributed by atoms with Crippen LogP contribution in [0.3, 0.4) is 0 Å². The van der Waals surface area contributed by atoms with Crippen LogP contribution in [0.2, 0.25) is 0 Å². The Labute approximate surface area is 229 Å². The van der Waals surface area contributed by atoms with E-state index in [1.807, 2.05) is 51.1 Å². The lowest BCUT2D eigenvalue weighted by Crippen LogP contribution is -2.37. The van der Waals surface area contributed by atoms with Crippen molar-refractivity contribution in [2.45, 2.75) is 77.9 Å². The molecule has 1 aliphatic rings. The van der Waals surface area contributed by atoms with Gasteiger partial charge in [-0.15, -0.1) is 0 Å². The highest BCUT2D eigenvalue weighted by Crippen LogP contribution is 2.32. The summed E-state index contributed by atoms with van der Waals surface area (Å²) in [4.78, 5) is 57.0. The highest BCUT2D eigenvalue weighted by Gasteiger charge is 2.31. The molecule has 0 unspecified atom stereocenters. The Morgan fingerprint density at radius 1 is 1.05 bits per heavy atom. The summed E-state index contributed by atoms with van der Waals surface area (Å²) >= 11 is 0. The highest BCUT2D eigenvalue weighted by molar-refractivity contribution is 5.94. The molecule has 0 aliphatic heterocycles. The number of esters is 2. The van der Waals surface area contributed by atoms with Gasteiger partial charge in [0.2, 0.25) is 5.91 Å². The summed E-state index contributed by atoms with van der Waals surface area (Å²) in [5.74, 6) is -0.817. The SMILES string of the molecule is CCOC(=O)CNC(=O)c1c[nH]c([C@H](Cc2ccccc2)NC(=O)C2CCC(CC(=O)OC(C)(C)C)CC2)n1. The maximum Gasteiger partial charge on any atom is 0.325 e. The average molecular weight is 541 g/mol. The second kappa shape index (κ2) is 13.9. The molecule has 10 nitrogen and oxygen atoms in total. The van der Waals surface area contributed by atoms with Gasteiger partial charge in [-0.05, 0) is 71.3 Å². The lowest BCUT2D eigenvalue weighted by molar-refractivity contribution is -0.156. The molecule has 0 radical (unpaired) electrons. The zero-order valence-electron chi connectivity index (χ0n) is 23.2. The molecule has 1 aromatic carbocycles. The minimum Gasteiger partial charge on any atom is -0.465 e. The molecule has 10 heteroatoms. The fraction of sp³-hybridized carbons (Fsp3) is 0.552. The lowest BCUT2D eigenvalue weighted by Gasteiger charge is -2.29. The van der Waals surface area contributed by atoms with Crippen LogP contribution in [-0.4, -0.2) is 52.5 Å². The van der Waals surface area contributed by atoms with Gasteiger partial charge in [0, 0.05) is 18.5 Å². The molecule has 39 heavy (non-hydrogen) atoms. The summed E-state index contributed by atoms with van der Waals surface area (Å²) in [5.41, 5.74) is 0.618. The summed E-state index contributed by atoms with van der Waals surface area (Å²) in [6.45, 7) is 7.24. The third-order valence-corrected chi connectivity index (χ3v) is 6.55. The molecule has 0 saturated heterocycles. The summed E-state index contributed by atoms with van der Waals surface area (Å²) < 4.78 is 10.3. The number of rotatable bonds is 11. The molecule has 1 atom stereocenters. The molecule has 2 aromatic rings. The van der Waals surface area contributed by atoms with E-state index in [1.165, 1.54) is 6.20 Å². The summed E-state index contributed by atoms with van der Waals surface area (Å²) in [6, 6.07) is 9.23. The average Bonchev–Trinajstić information content (AvgIpc) is 3.37. The Morgan fingerprint density at radius 3 is 2.38 bits per heavy atom. The van der Waals surface area contributed by atoms with Gasteiger partial charge < -0.3 is 25.1 Å². The van der Waals surface area contributed by atoms with E-state index in [9.17, 15) is 19.2 Å². The van der Waals surface area contributed by atoms with Gasteiger partial charge in [0.25, 0.3) is 5.91 Å². The van der Waals surface area contributed by atoms with Crippen LogP contribution in [0.25, 0.3) is 0 Å². The molecule has 1 aromatic heterocycles. The lowest BCUT2D eigenvalue weighted by atomic mass is 9.80. The van der Waals surface area contributed by atoms with Gasteiger partial charge >= 0.3 is 11.9 Å². The number of nitrogens with one attached hydrogen (secondary N) is 3. The number of nitrogens with zero attached hydrogens (tertiary/aromatic N) is 1. The number of amides is 2. The van der Waals surface area contributed by atoms with E-state index in [1.54, 1.807) is 6.92 Å². The third kappa shape index (κ3) is 9.85. The van der Waals surface area contributed by atoms with Crippen LogP contribution < -0.4 is 10.6 Å². The van der Waals surface area contributed by atoms with Crippen molar-refractivity contribution >= 4 is 23.8 Å². The van der Waals surface area contributed by atoms with Crippen molar-refractivity contribution in [2.75, 3.05) is 13.2 Å². The van der Waals surface area contributed by atoms with Gasteiger partial charge in [0.15, 0.2) is 0 Å². The van der Waals surface area contributed by atoms with Crippen molar-refractivity contribution < 1.29 is 28.7 Å². The molecular weight excluding hydrogens is 500 g/mol. The Bertz CT molecular complexity index is 1120. The standard InChI is InChI=1S/C29H40N4O6/c1-5-38-25(35)18-31-28(37)23-17-30-26(32-23)22(15-19-9-7-6-8-10-19)33-27(36)21-13-11-20(12-14-21)16-24(34)39-29(2,3)4/h6-10,17,20-22H,5,11-16,18H2,1-4H3,(H,30,32)(H,31,37)(H,33,36)/t20?,21?,22-/m0/s1. The van der Waals surface area contributed by atoms with Crippen molar-refractivity contribution in [3.63, 3.8) is 0 Å². The molecule has 0 spiro atoms. The summed E-state index contributed by atoms with van der Waals surface area (Å²) in [6.07, 6.45) is 5.27. The van der Waals surface area contributed by atoms with Crippen LogP contribution in [0.1, 0.15) is 87.7 Å². The van der Waals surface area contributed by atoms with Gasteiger partial charge in [0.05, 0.1) is 12.6 Å². The number of carbonyl (C=O) groups is 4. The molecule has 1 fully saturated rings. The van der Waals surface area contributed by atoms with E-state index in [0.29, 0.717) is 31.5 Å². The van der Waals surface area contributed by atoms with Crippen LogP contribution in [0, 0.1) is 11.8 Å². The Balaban J connectivity index is 1.62. The Kier molecular flexibility index (Phi) is 10.7. The Morgan fingerprint density at radius 2 is 1.74 bits per heavy atom. The number of aromatic nitrogens is 2. The molecular formula is C29H40N4O6. The fourth-order valence-corrected chi connectivity index (χ4v) is 4.69. The molecule has 1 saturated carbocycles. The number of benzene rings is 1. The molecule has 3 N–H and O–H groups in total. The molecule has 0 bridgehead atoms. The second-order valence-electron chi connectivity index (χ2n) is 10.9. The molecule has 1 heterocycles. The first-order valence-electron chi connectivity index (χ1n) is 13.6. The van der Waals surface area contributed by atoms with Gasteiger partial charge in [-0.3, -0.25) is 19.2 Å². The zero-order chi connectivity index (χ0) is 28.4. The third-order valence-electron chi connectivity index (χ3n) is 6.55. The smallest absolute Gasteiger partial charge is 0.325 e. The number of aromatic amines is 1. The number of hydrogen-bond acceptors (Lipinski definition) is 7. The van der Waals surface area contributed by atoms with Crippen LogP contribution in [-0.2, 0) is 30.3 Å². The van der Waals surface area contributed by atoms with E-state index in [4.69, 9.17) is 9.47 Å². The van der Waals surface area contributed by atoms with Crippen molar-refractivity contribution in [3.05, 3.63) is 53.6 Å².